The van der Waals surface area contributed by atoms with Crippen molar-refractivity contribution in [3.8, 4) is 11.5 Å². The summed E-state index contributed by atoms with van der Waals surface area (Å²) in [4.78, 5) is 12.5. The molecule has 3 atom stereocenters. The van der Waals surface area contributed by atoms with E-state index in [-0.39, 0.29) is 24.2 Å². The number of fused-ring (bicyclic) bond motifs is 1. The summed E-state index contributed by atoms with van der Waals surface area (Å²) in [5.74, 6) is 1.08. The van der Waals surface area contributed by atoms with Crippen LogP contribution in [0.2, 0.25) is 0 Å². The van der Waals surface area contributed by atoms with Crippen molar-refractivity contribution in [3.63, 3.8) is 0 Å². The van der Waals surface area contributed by atoms with E-state index in [2.05, 4.69) is 5.32 Å². The maximum absolute atomic E-state index is 12.5. The van der Waals surface area contributed by atoms with Crippen molar-refractivity contribution in [1.82, 2.24) is 5.32 Å². The number of methoxy groups -OCH3 is 2. The third kappa shape index (κ3) is 3.76. The van der Waals surface area contributed by atoms with Gasteiger partial charge in [0.05, 0.1) is 39.6 Å². The van der Waals surface area contributed by atoms with Crippen molar-refractivity contribution in [1.29, 1.82) is 0 Å². The van der Waals surface area contributed by atoms with Crippen molar-refractivity contribution in [2.45, 2.75) is 37.5 Å². The average molecular weight is 321 g/mol. The van der Waals surface area contributed by atoms with Crippen molar-refractivity contribution >= 4 is 5.91 Å². The molecule has 0 bridgehead atoms. The van der Waals surface area contributed by atoms with Crippen molar-refractivity contribution in [2.75, 3.05) is 27.4 Å². The highest BCUT2D eigenvalue weighted by Crippen LogP contribution is 2.27. The Kier molecular flexibility index (Phi) is 5.03. The van der Waals surface area contributed by atoms with Crippen LogP contribution in [-0.4, -0.2) is 51.6 Å². The Balaban J connectivity index is 1.65. The van der Waals surface area contributed by atoms with Crippen LogP contribution < -0.4 is 14.8 Å². The summed E-state index contributed by atoms with van der Waals surface area (Å²) in [5, 5.41) is 3.09. The molecule has 0 aromatic heterocycles. The molecule has 23 heavy (non-hydrogen) atoms. The largest absolute Gasteiger partial charge is 0.497 e. The molecule has 1 heterocycles. The van der Waals surface area contributed by atoms with Gasteiger partial charge in [-0.15, -0.1) is 0 Å². The number of rotatable bonds is 4. The van der Waals surface area contributed by atoms with Gasteiger partial charge in [-0.1, -0.05) is 0 Å². The summed E-state index contributed by atoms with van der Waals surface area (Å²) in [5.41, 5.74) is 0.532. The predicted octanol–water partition coefficient (Wildman–Crippen LogP) is 1.77. The smallest absolute Gasteiger partial charge is 0.251 e. The van der Waals surface area contributed by atoms with Crippen molar-refractivity contribution in [3.05, 3.63) is 23.8 Å². The molecule has 6 nitrogen and oxygen atoms in total. The molecule has 1 saturated heterocycles. The summed E-state index contributed by atoms with van der Waals surface area (Å²) in [6.45, 7) is 1.30. The summed E-state index contributed by atoms with van der Waals surface area (Å²) in [6.07, 6.45) is 2.86. The summed E-state index contributed by atoms with van der Waals surface area (Å²) < 4.78 is 21.9. The van der Waals surface area contributed by atoms with Crippen LogP contribution >= 0.6 is 0 Å². The lowest BCUT2D eigenvalue weighted by Crippen LogP contribution is -2.49. The third-order valence-corrected chi connectivity index (χ3v) is 4.43. The van der Waals surface area contributed by atoms with Gasteiger partial charge in [-0.2, -0.15) is 0 Å². The molecule has 1 N–H and O–H groups in total. The highest BCUT2D eigenvalue weighted by Gasteiger charge is 2.34. The molecule has 0 spiro atoms. The topological polar surface area (TPSA) is 66.0 Å². The molecule has 1 aliphatic heterocycles. The molecule has 2 fully saturated rings. The first-order chi connectivity index (χ1) is 11.2. The molecule has 1 aromatic rings. The number of hydrogen-bond donors (Lipinski definition) is 1. The average Bonchev–Trinajstić information content (AvgIpc) is 2.61. The maximum Gasteiger partial charge on any atom is 0.251 e. The van der Waals surface area contributed by atoms with E-state index >= 15 is 0 Å². The Hall–Kier alpha value is -1.79. The predicted molar refractivity (Wildman–Crippen MR) is 84.1 cm³/mol. The Morgan fingerprint density at radius 3 is 2.35 bits per heavy atom. The van der Waals surface area contributed by atoms with Crippen LogP contribution in [0.3, 0.4) is 0 Å². The molecule has 1 aliphatic carbocycles. The number of benzene rings is 1. The quantitative estimate of drug-likeness (QED) is 0.915. The summed E-state index contributed by atoms with van der Waals surface area (Å²) in [6, 6.07) is 5.27. The molecule has 3 rings (SSSR count). The molecule has 0 radical (unpaired) electrons. The number of carbonyl (C=O) groups excluding carboxylic acids is 1. The highest BCUT2D eigenvalue weighted by atomic mass is 16.6. The van der Waals surface area contributed by atoms with Crippen LogP contribution in [0.15, 0.2) is 18.2 Å². The lowest BCUT2D eigenvalue weighted by molar-refractivity contribution is -0.157. The van der Waals surface area contributed by atoms with Crippen LogP contribution in [0, 0.1) is 0 Å². The Bertz CT molecular complexity index is 540. The summed E-state index contributed by atoms with van der Waals surface area (Å²) in [7, 11) is 3.14. The zero-order valence-corrected chi connectivity index (χ0v) is 13.5. The van der Waals surface area contributed by atoms with Gasteiger partial charge in [0.1, 0.15) is 11.5 Å². The van der Waals surface area contributed by atoms with Crippen molar-refractivity contribution < 1.29 is 23.7 Å². The zero-order valence-electron chi connectivity index (χ0n) is 13.5. The third-order valence-electron chi connectivity index (χ3n) is 4.43. The van der Waals surface area contributed by atoms with Gasteiger partial charge in [-0.3, -0.25) is 4.79 Å². The Morgan fingerprint density at radius 2 is 1.70 bits per heavy atom. The minimum Gasteiger partial charge on any atom is -0.497 e. The lowest BCUT2D eigenvalue weighted by Gasteiger charge is -2.39. The fourth-order valence-electron chi connectivity index (χ4n) is 3.20. The molecular weight excluding hydrogens is 298 g/mol. The van der Waals surface area contributed by atoms with E-state index in [0.717, 1.165) is 19.3 Å². The summed E-state index contributed by atoms with van der Waals surface area (Å²) >= 11 is 0. The number of amides is 1. The SMILES string of the molecule is COc1cc(OC)cc(C(=O)NC2CCC3OCCOC3C2)c1. The monoisotopic (exact) mass is 321 g/mol. The fraction of sp³-hybridized carbons (Fsp3) is 0.588. The standard InChI is InChI=1S/C17H23NO5/c1-20-13-7-11(8-14(10-13)21-2)17(19)18-12-3-4-15-16(9-12)23-6-5-22-15/h7-8,10,12,15-16H,3-6,9H2,1-2H3,(H,18,19). The first-order valence-corrected chi connectivity index (χ1v) is 7.96. The van der Waals surface area contributed by atoms with E-state index in [9.17, 15) is 4.79 Å². The fourth-order valence-corrected chi connectivity index (χ4v) is 3.20. The van der Waals surface area contributed by atoms with Gasteiger partial charge in [0.15, 0.2) is 0 Å². The van der Waals surface area contributed by atoms with Gasteiger partial charge in [0.25, 0.3) is 5.91 Å². The molecule has 126 valence electrons. The van der Waals surface area contributed by atoms with E-state index in [1.807, 2.05) is 0 Å². The van der Waals surface area contributed by atoms with Gasteiger partial charge in [0, 0.05) is 17.7 Å². The zero-order chi connectivity index (χ0) is 16.2. The minimum atomic E-state index is -0.123. The molecule has 2 aliphatic rings. The molecule has 1 amide bonds. The molecule has 3 unspecified atom stereocenters. The second-order valence-corrected chi connectivity index (χ2v) is 5.90. The second-order valence-electron chi connectivity index (χ2n) is 5.90. The van der Waals surface area contributed by atoms with E-state index in [0.29, 0.717) is 30.3 Å². The minimum absolute atomic E-state index is 0.0858. The normalized spacial score (nSPS) is 27.0. The van der Waals surface area contributed by atoms with Gasteiger partial charge >= 0.3 is 0 Å². The number of ether oxygens (including phenoxy) is 4. The Morgan fingerprint density at radius 1 is 1.04 bits per heavy atom. The van der Waals surface area contributed by atoms with E-state index in [4.69, 9.17) is 18.9 Å². The van der Waals surface area contributed by atoms with E-state index in [1.165, 1.54) is 0 Å². The van der Waals surface area contributed by atoms with Gasteiger partial charge in [-0.25, -0.2) is 0 Å². The number of carbonyl (C=O) groups is 1. The molecule has 1 saturated carbocycles. The molecule has 1 aromatic carbocycles. The molecule has 6 heteroatoms. The number of nitrogens with one attached hydrogen (secondary N) is 1. The van der Waals surface area contributed by atoms with Gasteiger partial charge < -0.3 is 24.3 Å². The van der Waals surface area contributed by atoms with Crippen LogP contribution in [0.1, 0.15) is 29.6 Å². The first-order valence-electron chi connectivity index (χ1n) is 7.96. The first kappa shape index (κ1) is 16.1. The van der Waals surface area contributed by atoms with Crippen LogP contribution in [-0.2, 0) is 9.47 Å². The van der Waals surface area contributed by atoms with E-state index in [1.54, 1.807) is 32.4 Å². The van der Waals surface area contributed by atoms with E-state index < -0.39 is 0 Å². The van der Waals surface area contributed by atoms with Crippen LogP contribution in [0.25, 0.3) is 0 Å². The lowest BCUT2D eigenvalue weighted by atomic mass is 9.89. The van der Waals surface area contributed by atoms with Gasteiger partial charge in [-0.05, 0) is 31.4 Å². The van der Waals surface area contributed by atoms with Crippen LogP contribution in [0.4, 0.5) is 0 Å². The van der Waals surface area contributed by atoms with Gasteiger partial charge in [0.2, 0.25) is 0 Å². The number of hydrogen-bond acceptors (Lipinski definition) is 5. The maximum atomic E-state index is 12.5. The second kappa shape index (κ2) is 7.19. The Labute approximate surface area is 136 Å². The van der Waals surface area contributed by atoms with Crippen LogP contribution in [0.5, 0.6) is 11.5 Å². The van der Waals surface area contributed by atoms with Crippen molar-refractivity contribution in [2.24, 2.45) is 0 Å². The molecular formula is C17H23NO5. The highest BCUT2D eigenvalue weighted by molar-refractivity contribution is 5.95.